The molecule has 0 spiro atoms. The fraction of sp³-hybridized carbons (Fsp3) is 0.190. The van der Waals surface area contributed by atoms with Crippen LogP contribution in [0.1, 0.15) is 29.9 Å². The summed E-state index contributed by atoms with van der Waals surface area (Å²) >= 11 is 0. The molecule has 0 radical (unpaired) electrons. The molecule has 3 aromatic rings. The molecule has 0 saturated heterocycles. The smallest absolute Gasteiger partial charge is 0.276 e. The molecular weight excluding hydrogens is 340 g/mol. The van der Waals surface area contributed by atoms with Crippen LogP contribution in [0.15, 0.2) is 60.7 Å². The molecular formula is C21H22N4O2. The van der Waals surface area contributed by atoms with Gasteiger partial charge in [-0.05, 0) is 57.2 Å². The maximum Gasteiger partial charge on any atom is 0.276 e. The molecule has 138 valence electrons. The lowest BCUT2D eigenvalue weighted by Crippen LogP contribution is -2.16. The van der Waals surface area contributed by atoms with Crippen molar-refractivity contribution in [3.05, 3.63) is 71.9 Å². The Morgan fingerprint density at radius 3 is 2.37 bits per heavy atom. The number of carbonyl (C=O) groups is 1. The van der Waals surface area contributed by atoms with Crippen molar-refractivity contribution < 1.29 is 9.53 Å². The maximum atomic E-state index is 12.5. The molecule has 1 heterocycles. The second-order valence-electron chi connectivity index (χ2n) is 6.41. The Balaban J connectivity index is 1.68. The van der Waals surface area contributed by atoms with Crippen LogP contribution in [0.4, 0.5) is 17.2 Å². The number of benzene rings is 2. The third-order valence-corrected chi connectivity index (χ3v) is 3.72. The number of carbonyl (C=O) groups excluding carboxylic acids is 1. The summed E-state index contributed by atoms with van der Waals surface area (Å²) in [5.74, 6) is 0.842. The molecule has 27 heavy (non-hydrogen) atoms. The minimum absolute atomic E-state index is 0.00924. The van der Waals surface area contributed by atoms with E-state index in [-0.39, 0.29) is 17.7 Å². The Labute approximate surface area is 158 Å². The van der Waals surface area contributed by atoms with Crippen molar-refractivity contribution in [2.45, 2.75) is 26.9 Å². The summed E-state index contributed by atoms with van der Waals surface area (Å²) < 4.78 is 5.72. The van der Waals surface area contributed by atoms with E-state index in [1.165, 1.54) is 5.56 Å². The first-order valence-corrected chi connectivity index (χ1v) is 8.76. The number of hydrogen-bond acceptors (Lipinski definition) is 5. The van der Waals surface area contributed by atoms with E-state index in [9.17, 15) is 4.79 Å². The molecule has 0 aliphatic carbocycles. The van der Waals surface area contributed by atoms with Crippen LogP contribution in [0.2, 0.25) is 0 Å². The fourth-order valence-corrected chi connectivity index (χ4v) is 2.42. The quantitative estimate of drug-likeness (QED) is 0.672. The van der Waals surface area contributed by atoms with E-state index in [1.54, 1.807) is 18.2 Å². The van der Waals surface area contributed by atoms with Gasteiger partial charge in [0.1, 0.15) is 5.75 Å². The number of hydrogen-bond donors (Lipinski definition) is 2. The summed E-state index contributed by atoms with van der Waals surface area (Å²) in [4.78, 5) is 12.5. The molecule has 3 rings (SSSR count). The molecule has 0 fully saturated rings. The molecule has 2 aromatic carbocycles. The second-order valence-corrected chi connectivity index (χ2v) is 6.41. The van der Waals surface area contributed by atoms with Gasteiger partial charge in [0.2, 0.25) is 0 Å². The van der Waals surface area contributed by atoms with Crippen molar-refractivity contribution in [1.29, 1.82) is 0 Å². The molecule has 6 heteroatoms. The third-order valence-electron chi connectivity index (χ3n) is 3.72. The zero-order valence-electron chi connectivity index (χ0n) is 15.6. The topological polar surface area (TPSA) is 76.1 Å². The third kappa shape index (κ3) is 5.04. The van der Waals surface area contributed by atoms with Crippen molar-refractivity contribution in [3.63, 3.8) is 0 Å². The van der Waals surface area contributed by atoms with Gasteiger partial charge in [-0.15, -0.1) is 10.2 Å². The summed E-state index contributed by atoms with van der Waals surface area (Å²) in [6.45, 7) is 5.90. The van der Waals surface area contributed by atoms with Gasteiger partial charge in [0.15, 0.2) is 11.5 Å². The number of ether oxygens (including phenoxy) is 1. The van der Waals surface area contributed by atoms with E-state index >= 15 is 0 Å². The van der Waals surface area contributed by atoms with Crippen molar-refractivity contribution in [1.82, 2.24) is 10.2 Å². The average molecular weight is 362 g/mol. The first-order chi connectivity index (χ1) is 13.0. The molecule has 0 atom stereocenters. The summed E-state index contributed by atoms with van der Waals surface area (Å²) in [6, 6.07) is 18.6. The SMILES string of the molecule is Cc1ccc(Nc2ccc(C(=O)Nc3ccccc3OC(C)C)nn2)cc1. The first kappa shape index (κ1) is 18.4. The Morgan fingerprint density at radius 1 is 0.963 bits per heavy atom. The van der Waals surface area contributed by atoms with Gasteiger partial charge in [-0.2, -0.15) is 0 Å². The van der Waals surface area contributed by atoms with Gasteiger partial charge < -0.3 is 15.4 Å². The lowest BCUT2D eigenvalue weighted by Gasteiger charge is -2.14. The van der Waals surface area contributed by atoms with Gasteiger partial charge in [-0.1, -0.05) is 29.8 Å². The van der Waals surface area contributed by atoms with E-state index in [0.29, 0.717) is 17.3 Å². The summed E-state index contributed by atoms with van der Waals surface area (Å²) in [6.07, 6.45) is 0.00924. The molecule has 1 aromatic heterocycles. The van der Waals surface area contributed by atoms with Crippen molar-refractivity contribution >= 4 is 23.1 Å². The average Bonchev–Trinajstić information content (AvgIpc) is 2.65. The fourth-order valence-electron chi connectivity index (χ4n) is 2.42. The van der Waals surface area contributed by atoms with Crippen LogP contribution in [0.25, 0.3) is 0 Å². The Kier molecular flexibility index (Phi) is 5.66. The molecule has 1 amide bonds. The molecule has 0 saturated carbocycles. The highest BCUT2D eigenvalue weighted by Gasteiger charge is 2.12. The number of amides is 1. The number of nitrogens with zero attached hydrogens (tertiary/aromatic N) is 2. The van der Waals surface area contributed by atoms with Crippen LogP contribution in [-0.2, 0) is 0 Å². The molecule has 0 unspecified atom stereocenters. The molecule has 0 aliphatic rings. The van der Waals surface area contributed by atoms with Crippen LogP contribution < -0.4 is 15.4 Å². The minimum atomic E-state index is -0.343. The van der Waals surface area contributed by atoms with Gasteiger partial charge in [0.25, 0.3) is 5.91 Å². The predicted octanol–water partition coefficient (Wildman–Crippen LogP) is 4.57. The monoisotopic (exact) mass is 362 g/mol. The van der Waals surface area contributed by atoms with E-state index in [4.69, 9.17) is 4.74 Å². The molecule has 0 aliphatic heterocycles. The van der Waals surface area contributed by atoms with E-state index < -0.39 is 0 Å². The number of nitrogens with one attached hydrogen (secondary N) is 2. The van der Waals surface area contributed by atoms with Gasteiger partial charge in [0, 0.05) is 5.69 Å². The number of anilines is 3. The van der Waals surface area contributed by atoms with E-state index in [0.717, 1.165) is 5.69 Å². The number of aromatic nitrogens is 2. The Hall–Kier alpha value is -3.41. The van der Waals surface area contributed by atoms with Crippen LogP contribution in [-0.4, -0.2) is 22.2 Å². The van der Waals surface area contributed by atoms with Crippen molar-refractivity contribution in [2.75, 3.05) is 10.6 Å². The number of para-hydroxylation sites is 2. The van der Waals surface area contributed by atoms with Crippen LogP contribution >= 0.6 is 0 Å². The van der Waals surface area contributed by atoms with E-state index in [2.05, 4.69) is 20.8 Å². The van der Waals surface area contributed by atoms with Crippen LogP contribution in [0.3, 0.4) is 0 Å². The lowest BCUT2D eigenvalue weighted by atomic mass is 10.2. The maximum absolute atomic E-state index is 12.5. The van der Waals surface area contributed by atoms with E-state index in [1.807, 2.05) is 63.2 Å². The molecule has 0 bridgehead atoms. The molecule has 2 N–H and O–H groups in total. The highest BCUT2D eigenvalue weighted by Crippen LogP contribution is 2.25. The zero-order chi connectivity index (χ0) is 19.2. The lowest BCUT2D eigenvalue weighted by molar-refractivity contribution is 0.102. The zero-order valence-corrected chi connectivity index (χ0v) is 15.6. The Bertz CT molecular complexity index is 906. The number of rotatable bonds is 6. The van der Waals surface area contributed by atoms with Crippen molar-refractivity contribution in [3.8, 4) is 5.75 Å². The summed E-state index contributed by atoms with van der Waals surface area (Å²) in [7, 11) is 0. The summed E-state index contributed by atoms with van der Waals surface area (Å²) in [5.41, 5.74) is 2.91. The van der Waals surface area contributed by atoms with Gasteiger partial charge >= 0.3 is 0 Å². The van der Waals surface area contributed by atoms with Gasteiger partial charge in [-0.25, -0.2) is 0 Å². The second kappa shape index (κ2) is 8.31. The highest BCUT2D eigenvalue weighted by atomic mass is 16.5. The normalized spacial score (nSPS) is 10.5. The first-order valence-electron chi connectivity index (χ1n) is 8.76. The molecule has 6 nitrogen and oxygen atoms in total. The minimum Gasteiger partial charge on any atom is -0.489 e. The highest BCUT2D eigenvalue weighted by molar-refractivity contribution is 6.03. The van der Waals surface area contributed by atoms with Crippen LogP contribution in [0, 0.1) is 6.92 Å². The largest absolute Gasteiger partial charge is 0.489 e. The predicted molar refractivity (Wildman–Crippen MR) is 107 cm³/mol. The Morgan fingerprint density at radius 2 is 1.70 bits per heavy atom. The summed E-state index contributed by atoms with van der Waals surface area (Å²) in [5, 5.41) is 14.1. The number of aryl methyl sites for hydroxylation is 1. The van der Waals surface area contributed by atoms with Gasteiger partial charge in [0.05, 0.1) is 11.8 Å². The van der Waals surface area contributed by atoms with Crippen LogP contribution in [0.5, 0.6) is 5.75 Å². The standard InChI is InChI=1S/C21H22N4O2/c1-14(2)27-19-7-5-4-6-17(19)23-21(26)18-12-13-20(25-24-18)22-16-10-8-15(3)9-11-16/h4-14H,1-3H3,(H,22,25)(H,23,26). The van der Waals surface area contributed by atoms with Gasteiger partial charge in [-0.3, -0.25) is 4.79 Å². The van der Waals surface area contributed by atoms with Crippen molar-refractivity contribution in [2.24, 2.45) is 0 Å².